The van der Waals surface area contributed by atoms with Crippen LogP contribution in [0.4, 0.5) is 0 Å². The van der Waals surface area contributed by atoms with E-state index in [0.717, 1.165) is 19.3 Å². The Balaban J connectivity index is 2.63. The average Bonchev–Trinajstić information content (AvgIpc) is 2.49. The zero-order valence-electron chi connectivity index (χ0n) is 12.0. The Morgan fingerprint density at radius 1 is 1.35 bits per heavy atom. The SMILES string of the molecule is C=CCOc1ccccc1C(=O)N(C)CCCCCO. The summed E-state index contributed by atoms with van der Waals surface area (Å²) in [7, 11) is 1.78. The molecule has 4 heteroatoms. The molecule has 1 amide bonds. The third-order valence-electron chi connectivity index (χ3n) is 2.97. The normalized spacial score (nSPS) is 10.1. The molecular formula is C16H23NO3. The van der Waals surface area contributed by atoms with E-state index in [1.165, 1.54) is 0 Å². The standard InChI is InChI=1S/C16H23NO3/c1-3-13-20-15-10-6-5-9-14(15)16(19)17(2)11-7-4-8-12-18/h3,5-6,9-10,18H,1,4,7-8,11-13H2,2H3. The molecule has 0 bridgehead atoms. The summed E-state index contributed by atoms with van der Waals surface area (Å²) in [5.41, 5.74) is 0.569. The van der Waals surface area contributed by atoms with E-state index in [1.807, 2.05) is 12.1 Å². The van der Waals surface area contributed by atoms with Gasteiger partial charge in [-0.2, -0.15) is 0 Å². The number of amides is 1. The Kier molecular flexibility index (Phi) is 7.43. The predicted octanol–water partition coefficient (Wildman–Crippen LogP) is 2.49. The maximum absolute atomic E-state index is 12.4. The van der Waals surface area contributed by atoms with Crippen molar-refractivity contribution in [3.8, 4) is 5.75 Å². The fourth-order valence-corrected chi connectivity index (χ4v) is 1.86. The predicted molar refractivity (Wildman–Crippen MR) is 80.0 cm³/mol. The summed E-state index contributed by atoms with van der Waals surface area (Å²) in [6.45, 7) is 4.86. The van der Waals surface area contributed by atoms with Crippen molar-refractivity contribution in [1.82, 2.24) is 4.90 Å². The largest absolute Gasteiger partial charge is 0.489 e. The van der Waals surface area contributed by atoms with Crippen LogP contribution in [0.1, 0.15) is 29.6 Å². The van der Waals surface area contributed by atoms with Gasteiger partial charge in [0.1, 0.15) is 12.4 Å². The van der Waals surface area contributed by atoms with E-state index in [0.29, 0.717) is 24.5 Å². The summed E-state index contributed by atoms with van der Waals surface area (Å²) in [5.74, 6) is 0.535. The molecule has 0 radical (unpaired) electrons. The van der Waals surface area contributed by atoms with Crippen LogP contribution in [-0.2, 0) is 0 Å². The molecule has 20 heavy (non-hydrogen) atoms. The van der Waals surface area contributed by atoms with Gasteiger partial charge in [-0.1, -0.05) is 24.8 Å². The van der Waals surface area contributed by atoms with Crippen molar-refractivity contribution in [1.29, 1.82) is 0 Å². The summed E-state index contributed by atoms with van der Waals surface area (Å²) >= 11 is 0. The minimum atomic E-state index is -0.0475. The lowest BCUT2D eigenvalue weighted by Gasteiger charge is -2.18. The van der Waals surface area contributed by atoms with Gasteiger partial charge in [0.25, 0.3) is 5.91 Å². The van der Waals surface area contributed by atoms with Gasteiger partial charge in [0.15, 0.2) is 0 Å². The summed E-state index contributed by atoms with van der Waals surface area (Å²) in [5, 5.41) is 8.73. The second-order valence-electron chi connectivity index (χ2n) is 4.61. The molecule has 1 rings (SSSR count). The highest BCUT2D eigenvalue weighted by molar-refractivity contribution is 5.96. The molecule has 4 nitrogen and oxygen atoms in total. The van der Waals surface area contributed by atoms with E-state index < -0.39 is 0 Å². The summed E-state index contributed by atoms with van der Waals surface area (Å²) in [6.07, 6.45) is 4.24. The van der Waals surface area contributed by atoms with Gasteiger partial charge in [0.05, 0.1) is 5.56 Å². The molecule has 1 N–H and O–H groups in total. The Bertz CT molecular complexity index is 431. The second-order valence-corrected chi connectivity index (χ2v) is 4.61. The molecule has 110 valence electrons. The molecule has 1 aromatic rings. The molecule has 0 aliphatic rings. The van der Waals surface area contributed by atoms with Crippen molar-refractivity contribution in [2.24, 2.45) is 0 Å². The second kappa shape index (κ2) is 9.15. The van der Waals surface area contributed by atoms with Crippen molar-refractivity contribution in [2.75, 3.05) is 26.8 Å². The molecule has 0 aromatic heterocycles. The van der Waals surface area contributed by atoms with Crippen molar-refractivity contribution >= 4 is 5.91 Å². The van der Waals surface area contributed by atoms with Gasteiger partial charge < -0.3 is 14.7 Å². The Morgan fingerprint density at radius 3 is 2.80 bits per heavy atom. The third-order valence-corrected chi connectivity index (χ3v) is 2.97. The monoisotopic (exact) mass is 277 g/mol. The third kappa shape index (κ3) is 5.05. The van der Waals surface area contributed by atoms with Gasteiger partial charge in [0, 0.05) is 20.2 Å². The highest BCUT2D eigenvalue weighted by Crippen LogP contribution is 2.19. The summed E-state index contributed by atoms with van der Waals surface area (Å²) in [6, 6.07) is 7.23. The number of hydrogen-bond donors (Lipinski definition) is 1. The molecular weight excluding hydrogens is 254 g/mol. The molecule has 0 saturated heterocycles. The first-order valence-corrected chi connectivity index (χ1v) is 6.89. The number of nitrogens with zero attached hydrogens (tertiary/aromatic N) is 1. The molecule has 0 spiro atoms. The molecule has 0 aliphatic carbocycles. The number of ether oxygens (including phenoxy) is 1. The van der Waals surface area contributed by atoms with Crippen LogP contribution in [0.2, 0.25) is 0 Å². The Hall–Kier alpha value is -1.81. The Labute approximate surface area is 120 Å². The number of carbonyl (C=O) groups is 1. The number of para-hydroxylation sites is 1. The smallest absolute Gasteiger partial charge is 0.257 e. The van der Waals surface area contributed by atoms with E-state index in [-0.39, 0.29) is 12.5 Å². The zero-order valence-corrected chi connectivity index (χ0v) is 12.0. The van der Waals surface area contributed by atoms with Crippen molar-refractivity contribution in [2.45, 2.75) is 19.3 Å². The molecule has 0 saturated carbocycles. The van der Waals surface area contributed by atoms with Crippen LogP contribution in [0.25, 0.3) is 0 Å². The highest BCUT2D eigenvalue weighted by atomic mass is 16.5. The van der Waals surface area contributed by atoms with Gasteiger partial charge in [0.2, 0.25) is 0 Å². The first-order chi connectivity index (χ1) is 9.70. The van der Waals surface area contributed by atoms with Crippen molar-refractivity contribution in [3.63, 3.8) is 0 Å². The van der Waals surface area contributed by atoms with Crippen LogP contribution < -0.4 is 4.74 Å². The fraction of sp³-hybridized carbons (Fsp3) is 0.438. The van der Waals surface area contributed by atoms with Crippen LogP contribution in [-0.4, -0.2) is 42.7 Å². The van der Waals surface area contributed by atoms with E-state index >= 15 is 0 Å². The minimum absolute atomic E-state index is 0.0475. The van der Waals surface area contributed by atoms with E-state index in [4.69, 9.17) is 9.84 Å². The number of hydrogen-bond acceptors (Lipinski definition) is 3. The topological polar surface area (TPSA) is 49.8 Å². The highest BCUT2D eigenvalue weighted by Gasteiger charge is 2.15. The number of benzene rings is 1. The molecule has 0 fully saturated rings. The molecule has 1 aromatic carbocycles. The number of aliphatic hydroxyl groups is 1. The average molecular weight is 277 g/mol. The van der Waals surface area contributed by atoms with Crippen molar-refractivity contribution in [3.05, 3.63) is 42.5 Å². The minimum Gasteiger partial charge on any atom is -0.489 e. The summed E-state index contributed by atoms with van der Waals surface area (Å²) < 4.78 is 5.50. The quantitative estimate of drug-likeness (QED) is 0.557. The van der Waals surface area contributed by atoms with Crippen LogP contribution in [0.5, 0.6) is 5.75 Å². The van der Waals surface area contributed by atoms with Gasteiger partial charge >= 0.3 is 0 Å². The maximum Gasteiger partial charge on any atom is 0.257 e. The molecule has 0 unspecified atom stereocenters. The van der Waals surface area contributed by atoms with E-state index in [1.54, 1.807) is 30.2 Å². The van der Waals surface area contributed by atoms with Crippen LogP contribution in [0, 0.1) is 0 Å². The molecule has 0 atom stereocenters. The molecule has 0 heterocycles. The Morgan fingerprint density at radius 2 is 2.10 bits per heavy atom. The number of rotatable bonds is 9. The first kappa shape index (κ1) is 16.2. The van der Waals surface area contributed by atoms with E-state index in [9.17, 15) is 4.79 Å². The lowest BCUT2D eigenvalue weighted by atomic mass is 10.1. The van der Waals surface area contributed by atoms with Crippen LogP contribution >= 0.6 is 0 Å². The lowest BCUT2D eigenvalue weighted by Crippen LogP contribution is -2.28. The van der Waals surface area contributed by atoms with Crippen LogP contribution in [0.15, 0.2) is 36.9 Å². The fourth-order valence-electron chi connectivity index (χ4n) is 1.86. The number of unbranched alkanes of at least 4 members (excludes halogenated alkanes) is 2. The van der Waals surface area contributed by atoms with E-state index in [2.05, 4.69) is 6.58 Å². The lowest BCUT2D eigenvalue weighted by molar-refractivity contribution is 0.0788. The van der Waals surface area contributed by atoms with Crippen LogP contribution in [0.3, 0.4) is 0 Å². The van der Waals surface area contributed by atoms with Crippen molar-refractivity contribution < 1.29 is 14.6 Å². The molecule has 0 aliphatic heterocycles. The van der Waals surface area contributed by atoms with Gasteiger partial charge in [-0.05, 0) is 31.4 Å². The zero-order chi connectivity index (χ0) is 14.8. The first-order valence-electron chi connectivity index (χ1n) is 6.89. The summed E-state index contributed by atoms with van der Waals surface area (Å²) in [4.78, 5) is 14.1. The van der Waals surface area contributed by atoms with Gasteiger partial charge in [-0.15, -0.1) is 0 Å². The van der Waals surface area contributed by atoms with Gasteiger partial charge in [-0.25, -0.2) is 0 Å². The maximum atomic E-state index is 12.4. The number of carbonyl (C=O) groups excluding carboxylic acids is 1. The van der Waals surface area contributed by atoms with Gasteiger partial charge in [-0.3, -0.25) is 4.79 Å². The number of aliphatic hydroxyl groups excluding tert-OH is 1.